The van der Waals surface area contributed by atoms with Crippen LogP contribution in [0.4, 0.5) is 5.69 Å². The van der Waals surface area contributed by atoms with Gasteiger partial charge in [-0.15, -0.1) is 11.3 Å². The van der Waals surface area contributed by atoms with Crippen LogP contribution in [0, 0.1) is 0 Å². The maximum atomic E-state index is 12.6. The summed E-state index contributed by atoms with van der Waals surface area (Å²) in [4.78, 5) is 19.0. The van der Waals surface area contributed by atoms with Crippen LogP contribution in [0.25, 0.3) is 0 Å². The number of hydrogen-bond acceptors (Lipinski definition) is 6. The number of aromatic nitrogens is 1. The monoisotopic (exact) mass is 373 g/mol. The summed E-state index contributed by atoms with van der Waals surface area (Å²) in [6.07, 6.45) is 1.73. The number of ether oxygens (including phenoxy) is 2. The van der Waals surface area contributed by atoms with Gasteiger partial charge in [-0.25, -0.2) is 4.98 Å². The lowest BCUT2D eigenvalue weighted by atomic mass is 10.1. The molecule has 1 aromatic carbocycles. The van der Waals surface area contributed by atoms with Crippen molar-refractivity contribution in [3.8, 4) is 0 Å². The first-order valence-corrected chi connectivity index (χ1v) is 9.92. The smallest absolute Gasteiger partial charge is 0.239 e. The Morgan fingerprint density at radius 2 is 2.35 bits per heavy atom. The van der Waals surface area contributed by atoms with Crippen LogP contribution >= 0.6 is 11.3 Å². The normalized spacial score (nSPS) is 22.2. The highest BCUT2D eigenvalue weighted by Gasteiger charge is 2.29. The van der Waals surface area contributed by atoms with Crippen LogP contribution in [-0.4, -0.2) is 49.3 Å². The Morgan fingerprint density at radius 3 is 3.23 bits per heavy atom. The zero-order valence-corrected chi connectivity index (χ0v) is 15.4. The molecular weight excluding hydrogens is 350 g/mol. The van der Waals surface area contributed by atoms with Crippen molar-refractivity contribution >= 4 is 22.9 Å². The molecule has 0 bridgehead atoms. The van der Waals surface area contributed by atoms with Crippen molar-refractivity contribution in [1.82, 2.24) is 10.3 Å². The molecule has 0 radical (unpaired) electrons. The molecule has 138 valence electrons. The lowest BCUT2D eigenvalue weighted by Crippen LogP contribution is -2.52. The number of carbonyl (C=O) groups excluding carboxylic acids is 1. The van der Waals surface area contributed by atoms with E-state index in [-0.39, 0.29) is 18.1 Å². The molecule has 6 nitrogen and oxygen atoms in total. The van der Waals surface area contributed by atoms with Gasteiger partial charge < -0.3 is 19.7 Å². The highest BCUT2D eigenvalue weighted by molar-refractivity contribution is 7.07. The molecule has 1 amide bonds. The Morgan fingerprint density at radius 1 is 1.42 bits per heavy atom. The third-order valence-corrected chi connectivity index (χ3v) is 5.52. The van der Waals surface area contributed by atoms with Crippen molar-refractivity contribution in [3.63, 3.8) is 0 Å². The molecule has 0 aliphatic carbocycles. The van der Waals surface area contributed by atoms with Crippen LogP contribution in [0.1, 0.15) is 17.7 Å². The Kier molecular flexibility index (Phi) is 5.48. The van der Waals surface area contributed by atoms with Gasteiger partial charge in [-0.1, -0.05) is 18.2 Å². The third kappa shape index (κ3) is 4.06. The molecule has 1 N–H and O–H groups in total. The molecule has 0 saturated carbocycles. The van der Waals surface area contributed by atoms with Crippen LogP contribution < -0.4 is 10.2 Å². The summed E-state index contributed by atoms with van der Waals surface area (Å²) in [5.74, 6) is 0.0134. The predicted octanol–water partition coefficient (Wildman–Crippen LogP) is 2.00. The van der Waals surface area contributed by atoms with Crippen LogP contribution in [0.15, 0.2) is 35.2 Å². The predicted molar refractivity (Wildman–Crippen MR) is 100 cm³/mol. The summed E-state index contributed by atoms with van der Waals surface area (Å²) in [7, 11) is 0. The van der Waals surface area contributed by atoms with E-state index in [2.05, 4.69) is 27.3 Å². The first-order valence-electron chi connectivity index (χ1n) is 8.98. The molecule has 3 heterocycles. The average Bonchev–Trinajstić information content (AvgIpc) is 3.31. The molecule has 4 rings (SSSR count). The number of fused-ring (bicyclic) bond motifs is 1. The van der Waals surface area contributed by atoms with Crippen molar-refractivity contribution in [2.24, 2.45) is 0 Å². The summed E-state index contributed by atoms with van der Waals surface area (Å²) < 4.78 is 11.6. The highest BCUT2D eigenvalue weighted by Crippen LogP contribution is 2.26. The van der Waals surface area contributed by atoms with Gasteiger partial charge in [-0.05, 0) is 24.5 Å². The fourth-order valence-corrected chi connectivity index (χ4v) is 4.09. The van der Waals surface area contributed by atoms with Gasteiger partial charge >= 0.3 is 0 Å². The minimum Gasteiger partial charge on any atom is -0.379 e. The summed E-state index contributed by atoms with van der Waals surface area (Å²) in [6, 6.07) is 8.16. The van der Waals surface area contributed by atoms with E-state index in [4.69, 9.17) is 9.47 Å². The van der Waals surface area contributed by atoms with Crippen molar-refractivity contribution < 1.29 is 14.3 Å². The second kappa shape index (κ2) is 8.16. The maximum absolute atomic E-state index is 12.6. The van der Waals surface area contributed by atoms with E-state index in [1.807, 2.05) is 17.5 Å². The van der Waals surface area contributed by atoms with Gasteiger partial charge in [0.1, 0.15) is 0 Å². The van der Waals surface area contributed by atoms with E-state index in [9.17, 15) is 4.79 Å². The van der Waals surface area contributed by atoms with Crippen LogP contribution in [-0.2, 0) is 27.3 Å². The van der Waals surface area contributed by atoms with E-state index in [0.717, 1.165) is 25.1 Å². The van der Waals surface area contributed by atoms with E-state index in [0.29, 0.717) is 26.4 Å². The largest absolute Gasteiger partial charge is 0.379 e. The molecule has 1 saturated heterocycles. The highest BCUT2D eigenvalue weighted by atomic mass is 32.1. The molecular formula is C19H23N3O3S. The average molecular weight is 373 g/mol. The Hall–Kier alpha value is -1.96. The van der Waals surface area contributed by atoms with E-state index in [1.165, 1.54) is 11.3 Å². The number of carbonyl (C=O) groups is 1. The van der Waals surface area contributed by atoms with Gasteiger partial charge in [0.25, 0.3) is 0 Å². The van der Waals surface area contributed by atoms with E-state index in [1.54, 1.807) is 16.8 Å². The zero-order valence-electron chi connectivity index (χ0n) is 14.6. The summed E-state index contributed by atoms with van der Waals surface area (Å²) in [5.41, 5.74) is 5.21. The number of hydrogen-bond donors (Lipinski definition) is 1. The zero-order chi connectivity index (χ0) is 17.8. The number of nitrogens with zero attached hydrogens (tertiary/aromatic N) is 2. The van der Waals surface area contributed by atoms with Crippen molar-refractivity contribution in [2.45, 2.75) is 31.6 Å². The van der Waals surface area contributed by atoms with Crippen LogP contribution in [0.5, 0.6) is 0 Å². The van der Waals surface area contributed by atoms with Gasteiger partial charge in [0, 0.05) is 24.2 Å². The van der Waals surface area contributed by atoms with Crippen molar-refractivity contribution in [1.29, 1.82) is 0 Å². The number of amides is 1. The molecule has 0 unspecified atom stereocenters. The fraction of sp³-hybridized carbons (Fsp3) is 0.474. The van der Waals surface area contributed by atoms with E-state index < -0.39 is 0 Å². The van der Waals surface area contributed by atoms with Gasteiger partial charge in [0.2, 0.25) is 5.91 Å². The first kappa shape index (κ1) is 17.5. The van der Waals surface area contributed by atoms with Gasteiger partial charge in [-0.3, -0.25) is 4.79 Å². The fourth-order valence-electron chi connectivity index (χ4n) is 3.55. The Balaban J connectivity index is 1.32. The number of anilines is 1. The molecule has 2 aliphatic heterocycles. The topological polar surface area (TPSA) is 63.7 Å². The second-order valence-corrected chi connectivity index (χ2v) is 7.39. The van der Waals surface area contributed by atoms with Gasteiger partial charge in [-0.2, -0.15) is 0 Å². The van der Waals surface area contributed by atoms with Crippen molar-refractivity contribution in [2.75, 3.05) is 31.2 Å². The number of benzene rings is 1. The van der Waals surface area contributed by atoms with Crippen LogP contribution in [0.2, 0.25) is 0 Å². The molecule has 2 aliphatic rings. The standard InChI is InChI=1S/C19H23N3O3S/c23-19(9-22-7-5-14-3-1-2-4-17(14)22)21-16-11-24-8-6-18(16)25-10-15-12-26-13-20-15/h1-4,12-13,16,18H,5-11H2,(H,21,23)/t16-,18+/m1/s1. The maximum Gasteiger partial charge on any atom is 0.239 e. The SMILES string of the molecule is O=C(CN1CCc2ccccc21)N[C@@H]1COCC[C@@H]1OCc1cscn1. The second-order valence-electron chi connectivity index (χ2n) is 6.67. The third-order valence-electron chi connectivity index (χ3n) is 4.89. The number of nitrogens with one attached hydrogen (secondary N) is 1. The van der Waals surface area contributed by atoms with Crippen LogP contribution in [0.3, 0.4) is 0 Å². The van der Waals surface area contributed by atoms with Crippen molar-refractivity contribution in [3.05, 3.63) is 46.4 Å². The van der Waals surface area contributed by atoms with Gasteiger partial charge in [0.15, 0.2) is 0 Å². The molecule has 2 aromatic rings. The quantitative estimate of drug-likeness (QED) is 0.839. The van der Waals surface area contributed by atoms with Gasteiger partial charge in [0.05, 0.1) is 43.1 Å². The number of rotatable bonds is 6. The molecule has 7 heteroatoms. The van der Waals surface area contributed by atoms with E-state index >= 15 is 0 Å². The first-order chi connectivity index (χ1) is 12.8. The summed E-state index contributed by atoms with van der Waals surface area (Å²) in [5, 5.41) is 5.09. The summed E-state index contributed by atoms with van der Waals surface area (Å²) >= 11 is 1.56. The summed E-state index contributed by atoms with van der Waals surface area (Å²) in [6.45, 7) is 2.88. The number of para-hydroxylation sites is 1. The minimum absolute atomic E-state index is 0.0134. The Bertz CT molecular complexity index is 737. The molecule has 1 aromatic heterocycles. The molecule has 0 spiro atoms. The molecule has 1 fully saturated rings. The number of thiazole rings is 1. The lowest BCUT2D eigenvalue weighted by molar-refractivity contribution is -0.125. The molecule has 26 heavy (non-hydrogen) atoms. The Labute approximate surface area is 157 Å². The minimum atomic E-state index is -0.118. The lowest BCUT2D eigenvalue weighted by Gasteiger charge is -2.32. The molecule has 2 atom stereocenters.